The van der Waals surface area contributed by atoms with Gasteiger partial charge in [0.25, 0.3) is 5.97 Å². The molecule has 0 aliphatic carbocycles. The van der Waals surface area contributed by atoms with Crippen molar-refractivity contribution in [3.63, 3.8) is 0 Å². The number of H-pyrrole nitrogens is 4. The summed E-state index contributed by atoms with van der Waals surface area (Å²) in [5, 5.41) is 31.6. The number of benzene rings is 4. The van der Waals surface area contributed by atoms with Crippen LogP contribution in [-0.4, -0.2) is 84.3 Å². The van der Waals surface area contributed by atoms with Crippen molar-refractivity contribution in [1.82, 2.24) is 26.1 Å². The van der Waals surface area contributed by atoms with Crippen LogP contribution in [0.3, 0.4) is 0 Å². The van der Waals surface area contributed by atoms with Gasteiger partial charge in [0.05, 0.1) is 4.92 Å². The number of aromatic amines is 4. The standard InChI is InChI=1S/C11H10N2O2.C11H12N2.C9H7NO.C8H7N.C4H8O.C2H5NO2.C2H4O2.4C2H6.Al.Li.H3N.4H/c1-8(13(14)15)6-9-7-12-11-5-3-2-4-10(9)11;1-8(12)6-9-7-13-11-5-3-2-4-10(9)11;11-6-7-5-10-9-4-2-1-3-8(7)9;1-2-4-8-7(3-1)5-6-9-8;1-2-4-5-3-1;1-2-3(4)5;1-2(3)4;4*1-2;;;;;;;/h2-7,12H,1H3;2-7,13H,12H2,1H3;1-6,10H;1-6,9H;1-4H2;2H2,1H3;1H3,(H,3,4);4*1-2H3;;;1H3;;;;/q;;;;;;;;;;;;+1;;;;;-1/b2*8-6-;;;;;;;;;;;;;;;;. The number of aromatic nitrogens is 4. The molecule has 1 aliphatic rings. The number of carbonyl (C=O) groups excluding carboxylic acids is 1. The third-order valence-electron chi connectivity index (χ3n) is 8.57. The van der Waals surface area contributed by atoms with E-state index < -0.39 is 5.97 Å². The topological polar surface area (TPSA) is 274 Å². The maximum absolute atomic E-state index is 10.5. The Hall–Kier alpha value is -6.69. The number of carboxylic acids is 1. The van der Waals surface area contributed by atoms with E-state index in [0.29, 0.717) is 0 Å². The van der Waals surface area contributed by atoms with E-state index in [1.54, 1.807) is 18.5 Å². The number of nitrogens with two attached hydrogens (primary N) is 1. The monoisotopic (exact) mass is 1020 g/mol. The number of carbonyl (C=O) groups is 2. The Morgan fingerprint density at radius 1 is 0.644 bits per heavy atom. The van der Waals surface area contributed by atoms with E-state index in [0.717, 1.165) is 76.1 Å². The van der Waals surface area contributed by atoms with Crippen LogP contribution in [0.5, 0.6) is 0 Å². The second-order valence-electron chi connectivity index (χ2n) is 13.5. The number of hydrogen-bond donors (Lipinski definition) is 7. The van der Waals surface area contributed by atoms with E-state index in [1.807, 2.05) is 154 Å². The fourth-order valence-electron chi connectivity index (χ4n) is 5.65. The summed E-state index contributed by atoms with van der Waals surface area (Å²) in [6.45, 7) is 24.0. The number of hydrogen-bond acceptors (Lipinski definition) is 9. The zero-order valence-electron chi connectivity index (χ0n) is 45.9. The van der Waals surface area contributed by atoms with Gasteiger partial charge in [-0.15, -0.1) is 0 Å². The van der Waals surface area contributed by atoms with Gasteiger partial charge in [-0.1, -0.05) is 128 Å². The molecule has 9 rings (SSSR count). The van der Waals surface area contributed by atoms with Gasteiger partial charge in [-0.05, 0) is 61.6 Å². The predicted octanol–water partition coefficient (Wildman–Crippen LogP) is 10.8. The van der Waals surface area contributed by atoms with E-state index >= 15 is 0 Å². The summed E-state index contributed by atoms with van der Waals surface area (Å²) in [6.07, 6.45) is 14.4. The van der Waals surface area contributed by atoms with Gasteiger partial charge in [0.15, 0.2) is 23.6 Å². The summed E-state index contributed by atoms with van der Waals surface area (Å²) in [4.78, 5) is 50.7. The van der Waals surface area contributed by atoms with Crippen molar-refractivity contribution < 1.29 is 49.6 Å². The summed E-state index contributed by atoms with van der Waals surface area (Å²) in [5.74, 6) is -0.833. The molecule has 1 saturated heterocycles. The Bertz CT molecular complexity index is 2670. The number of fused-ring (bicyclic) bond motifs is 4. The third kappa shape index (κ3) is 31.4. The number of nitrogens with one attached hydrogen (secondary N) is 4. The summed E-state index contributed by atoms with van der Waals surface area (Å²) in [7, 11) is 0. The van der Waals surface area contributed by atoms with E-state index in [-0.39, 0.29) is 65.9 Å². The van der Waals surface area contributed by atoms with Crippen LogP contribution >= 0.6 is 0 Å². The first kappa shape index (κ1) is 75.2. The van der Waals surface area contributed by atoms with E-state index in [2.05, 4.69) is 50.3 Å². The van der Waals surface area contributed by atoms with Crippen LogP contribution in [0.25, 0.3) is 55.8 Å². The van der Waals surface area contributed by atoms with Crippen LogP contribution in [0.15, 0.2) is 139 Å². The number of carboxylic acid groups (broad SMARTS) is 1. The second kappa shape index (κ2) is 47.6. The molecule has 0 spiro atoms. The Balaban J connectivity index is -0.000000183. The van der Waals surface area contributed by atoms with Gasteiger partial charge in [0.2, 0.25) is 12.2 Å². The molecule has 0 amide bonds. The minimum absolute atomic E-state index is 0. The van der Waals surface area contributed by atoms with Crippen molar-refractivity contribution in [2.75, 3.05) is 19.8 Å². The predicted molar refractivity (Wildman–Crippen MR) is 309 cm³/mol. The quantitative estimate of drug-likeness (QED) is 0.0371. The van der Waals surface area contributed by atoms with Crippen molar-refractivity contribution in [1.29, 1.82) is 0 Å². The number of para-hydroxylation sites is 4. The number of ether oxygens (including phenoxy) is 1. The minimum Gasteiger partial charge on any atom is -1.00 e. The Morgan fingerprint density at radius 3 is 1.32 bits per heavy atom. The first-order valence-corrected chi connectivity index (χ1v) is 23.7. The van der Waals surface area contributed by atoms with E-state index in [4.69, 9.17) is 20.4 Å². The maximum atomic E-state index is 10.5. The molecule has 0 radical (unpaired) electrons. The molecule has 0 saturated carbocycles. The summed E-state index contributed by atoms with van der Waals surface area (Å²) < 4.78 is 4.94. The number of aldehydes is 1. The number of aliphatic carboxylic acids is 1. The van der Waals surface area contributed by atoms with E-state index in [9.17, 15) is 25.0 Å². The van der Waals surface area contributed by atoms with Crippen molar-refractivity contribution in [3.05, 3.63) is 176 Å². The molecule has 396 valence electrons. The van der Waals surface area contributed by atoms with Crippen LogP contribution in [0.4, 0.5) is 0 Å². The van der Waals surface area contributed by atoms with Gasteiger partial charge in [-0.2, -0.15) is 0 Å². The van der Waals surface area contributed by atoms with Gasteiger partial charge in [-0.3, -0.25) is 29.8 Å². The van der Waals surface area contributed by atoms with Crippen molar-refractivity contribution in [2.45, 2.75) is 95.9 Å². The van der Waals surface area contributed by atoms with Gasteiger partial charge >= 0.3 is 18.9 Å². The minimum atomic E-state index is -0.833. The first-order valence-electron chi connectivity index (χ1n) is 23.7. The van der Waals surface area contributed by atoms with Crippen molar-refractivity contribution >= 4 is 85.4 Å². The van der Waals surface area contributed by atoms with Crippen molar-refractivity contribution in [2.24, 2.45) is 5.73 Å². The van der Waals surface area contributed by atoms with Crippen LogP contribution in [0.2, 0.25) is 0 Å². The SMILES string of the molecule is C/C(=C/c1c[nH]c2ccccc12)[N+](=O)[O-].C/C(N)=C/c1c[nH]c2ccccc12.C1CCOC1.CC.CC.CC.CC.CC(=O)O.CC[N+](=O)[O-].N.O=Cc1c[nH]c2ccccc12.[AlH3].[H-].[Li+].c1ccc2[nH]ccc2c1. The number of rotatable bonds is 5. The molecule has 8 aromatic rings. The molecule has 18 heteroatoms. The molecule has 5 heterocycles. The molecule has 4 aromatic heterocycles. The average Bonchev–Trinajstić information content (AvgIpc) is 4.27. The zero-order valence-corrected chi connectivity index (χ0v) is 44.9. The molecule has 10 N–H and O–H groups in total. The summed E-state index contributed by atoms with van der Waals surface area (Å²) in [5.41, 5.74) is 13.7. The Kier molecular flexibility index (Phi) is 49.1. The van der Waals surface area contributed by atoms with Gasteiger partial charge in [0, 0.05) is 130 Å². The van der Waals surface area contributed by atoms with Gasteiger partial charge < -0.3 is 43.1 Å². The molecule has 1 aliphatic heterocycles. The molecule has 4 aromatic carbocycles. The van der Waals surface area contributed by atoms with Crippen LogP contribution in [-0.2, 0) is 9.53 Å². The summed E-state index contributed by atoms with van der Waals surface area (Å²) >= 11 is 0. The smallest absolute Gasteiger partial charge is 1.00 e. The van der Waals surface area contributed by atoms with Gasteiger partial charge in [0.1, 0.15) is 0 Å². The molecule has 73 heavy (non-hydrogen) atoms. The van der Waals surface area contributed by atoms with Gasteiger partial charge in [-0.25, -0.2) is 0 Å². The molecule has 0 atom stereocenters. The zero-order chi connectivity index (χ0) is 53.3. The average molecular weight is 1020 g/mol. The fourth-order valence-corrected chi connectivity index (χ4v) is 5.65. The molecular formula is C55H84AlLiN8O8. The number of nitrogens with zero attached hydrogens (tertiary/aromatic N) is 2. The molecule has 16 nitrogen and oxygen atoms in total. The molecular weight excluding hydrogens is 935 g/mol. The molecule has 0 bridgehead atoms. The fraction of sp³-hybridized carbons (Fsp3) is 0.309. The van der Waals surface area contributed by atoms with Crippen molar-refractivity contribution in [3.8, 4) is 0 Å². The molecule has 1 fully saturated rings. The number of nitro groups is 2. The van der Waals surface area contributed by atoms with E-state index in [1.165, 1.54) is 43.0 Å². The van der Waals surface area contributed by atoms with Crippen LogP contribution in [0, 0.1) is 20.2 Å². The Labute approximate surface area is 456 Å². The second-order valence-corrected chi connectivity index (χ2v) is 13.5. The largest absolute Gasteiger partial charge is 1.00 e. The maximum Gasteiger partial charge on any atom is 1.00 e. The molecule has 0 unspecified atom stereocenters. The van der Waals surface area contributed by atoms with Crippen LogP contribution in [0.1, 0.15) is 119 Å². The number of allylic oxidation sites excluding steroid dienone is 2. The Morgan fingerprint density at radius 2 is 0.986 bits per heavy atom. The van der Waals surface area contributed by atoms with Crippen LogP contribution < -0.4 is 30.7 Å². The normalized spacial score (nSPS) is 10.2. The summed E-state index contributed by atoms with van der Waals surface area (Å²) in [6, 6.07) is 33.9. The third-order valence-corrected chi connectivity index (χ3v) is 8.57. The first-order chi connectivity index (χ1) is 33.8.